The van der Waals surface area contributed by atoms with Crippen molar-refractivity contribution in [3.63, 3.8) is 0 Å². The van der Waals surface area contributed by atoms with E-state index in [0.29, 0.717) is 37.3 Å². The van der Waals surface area contributed by atoms with Crippen LogP contribution in [0.25, 0.3) is 11.3 Å². The molecule has 0 saturated carbocycles. The summed E-state index contributed by atoms with van der Waals surface area (Å²) in [7, 11) is 0. The third kappa shape index (κ3) is 5.18. The number of aliphatic hydroxyl groups is 1. The zero-order chi connectivity index (χ0) is 23.9. The van der Waals surface area contributed by atoms with E-state index in [-0.39, 0.29) is 17.6 Å². The predicted molar refractivity (Wildman–Crippen MR) is 118 cm³/mol. The molecular weight excluding hydrogens is 456 g/mol. The first-order valence-corrected chi connectivity index (χ1v) is 10.7. The highest BCUT2D eigenvalue weighted by Crippen LogP contribution is 2.28. The Hall–Kier alpha value is -2.95. The normalized spacial score (nSPS) is 15.8. The summed E-state index contributed by atoms with van der Waals surface area (Å²) in [5, 5.41) is 21.8. The van der Waals surface area contributed by atoms with Crippen molar-refractivity contribution >= 4 is 17.4 Å². The van der Waals surface area contributed by atoms with Gasteiger partial charge in [-0.1, -0.05) is 0 Å². The molecule has 11 heteroatoms. The summed E-state index contributed by atoms with van der Waals surface area (Å²) in [5.74, 6) is -1.68. The molecule has 1 N–H and O–H groups in total. The van der Waals surface area contributed by atoms with Crippen molar-refractivity contribution in [3.05, 3.63) is 74.3 Å². The Kier molecular flexibility index (Phi) is 6.17. The van der Waals surface area contributed by atoms with Gasteiger partial charge in [0, 0.05) is 43.4 Å². The summed E-state index contributed by atoms with van der Waals surface area (Å²) < 4.78 is 28.6. The molecule has 0 amide bonds. The Bertz CT molecular complexity index is 1210. The standard InChI is InChI=1S/C22H22ClF2N5O3/c1-13-5-19(14-6-15(24)8-16(25)7-14)26-18-3-4-28(9-17(13)18)11-22(2,31)12-29-10-20(30(32)33)27-21(29)23/h5-8,10,31H,3-4,9,11-12H2,1-2H3. The van der Waals surface area contributed by atoms with Crippen LogP contribution in [0.1, 0.15) is 23.7 Å². The number of fused-ring (bicyclic) bond motifs is 1. The maximum atomic E-state index is 13.6. The number of benzene rings is 1. The maximum absolute atomic E-state index is 13.6. The molecule has 0 radical (unpaired) electrons. The van der Waals surface area contributed by atoms with E-state index in [4.69, 9.17) is 11.6 Å². The van der Waals surface area contributed by atoms with Crippen LogP contribution in [0.15, 0.2) is 30.5 Å². The molecule has 0 spiro atoms. The fourth-order valence-corrected chi connectivity index (χ4v) is 4.41. The number of hydrogen-bond acceptors (Lipinski definition) is 6. The Balaban J connectivity index is 1.50. The van der Waals surface area contributed by atoms with Gasteiger partial charge in [0.1, 0.15) is 17.8 Å². The quantitative estimate of drug-likeness (QED) is 0.427. The lowest BCUT2D eigenvalue weighted by molar-refractivity contribution is -0.389. The SMILES string of the molecule is Cc1cc(-c2cc(F)cc(F)c2)nc2c1CN(CC(C)(O)Cn1cc([N+](=O)[O-])nc1Cl)CC2. The molecule has 174 valence electrons. The van der Waals surface area contributed by atoms with Crippen molar-refractivity contribution < 1.29 is 18.8 Å². The molecule has 1 aromatic carbocycles. The number of nitrogens with zero attached hydrogens (tertiary/aromatic N) is 5. The van der Waals surface area contributed by atoms with Crippen LogP contribution in [0.2, 0.25) is 5.28 Å². The Morgan fingerprint density at radius 1 is 1.21 bits per heavy atom. The van der Waals surface area contributed by atoms with Crippen molar-refractivity contribution in [2.45, 2.75) is 39.0 Å². The van der Waals surface area contributed by atoms with Crippen LogP contribution in [0, 0.1) is 28.7 Å². The first kappa shape index (κ1) is 23.2. The zero-order valence-electron chi connectivity index (χ0n) is 18.1. The van der Waals surface area contributed by atoms with E-state index < -0.39 is 22.2 Å². The van der Waals surface area contributed by atoms with Gasteiger partial charge in [0.2, 0.25) is 0 Å². The first-order chi connectivity index (χ1) is 15.5. The predicted octanol–water partition coefficient (Wildman–Crippen LogP) is 3.90. The van der Waals surface area contributed by atoms with Crippen molar-refractivity contribution in [1.82, 2.24) is 19.4 Å². The summed E-state index contributed by atoms with van der Waals surface area (Å²) in [6.07, 6.45) is 1.81. The molecule has 8 nitrogen and oxygen atoms in total. The molecule has 2 aromatic heterocycles. The minimum atomic E-state index is -1.23. The minimum absolute atomic E-state index is 0.0390. The second kappa shape index (κ2) is 8.77. The van der Waals surface area contributed by atoms with Gasteiger partial charge in [-0.05, 0) is 64.7 Å². The van der Waals surface area contributed by atoms with Gasteiger partial charge in [0.25, 0.3) is 0 Å². The van der Waals surface area contributed by atoms with Crippen molar-refractivity contribution in [2.75, 3.05) is 13.1 Å². The van der Waals surface area contributed by atoms with Gasteiger partial charge in [-0.25, -0.2) is 8.78 Å². The lowest BCUT2D eigenvalue weighted by Gasteiger charge is -2.35. The molecule has 4 rings (SSSR count). The Morgan fingerprint density at radius 2 is 1.91 bits per heavy atom. The molecule has 0 aliphatic carbocycles. The molecule has 3 heterocycles. The number of aromatic nitrogens is 3. The fourth-order valence-electron chi connectivity index (χ4n) is 4.22. The third-order valence-electron chi connectivity index (χ3n) is 5.62. The van der Waals surface area contributed by atoms with Crippen LogP contribution in [0.5, 0.6) is 0 Å². The summed E-state index contributed by atoms with van der Waals surface area (Å²) in [5.41, 5.74) is 2.48. The van der Waals surface area contributed by atoms with E-state index in [9.17, 15) is 24.0 Å². The lowest BCUT2D eigenvalue weighted by atomic mass is 9.96. The fraction of sp³-hybridized carbons (Fsp3) is 0.364. The van der Waals surface area contributed by atoms with Crippen LogP contribution in [-0.4, -0.2) is 48.2 Å². The Morgan fingerprint density at radius 3 is 2.55 bits per heavy atom. The number of aryl methyl sites for hydroxylation is 1. The van der Waals surface area contributed by atoms with E-state index >= 15 is 0 Å². The van der Waals surface area contributed by atoms with E-state index in [1.54, 1.807) is 13.0 Å². The summed E-state index contributed by atoms with van der Waals surface area (Å²) >= 11 is 5.98. The van der Waals surface area contributed by atoms with E-state index in [1.807, 2.05) is 6.92 Å². The highest BCUT2D eigenvalue weighted by molar-refractivity contribution is 6.28. The molecular formula is C22H22ClF2N5O3. The molecule has 1 aliphatic rings. The molecule has 33 heavy (non-hydrogen) atoms. The van der Waals surface area contributed by atoms with Gasteiger partial charge in [-0.3, -0.25) is 14.5 Å². The molecule has 0 fully saturated rings. The maximum Gasteiger partial charge on any atom is 0.383 e. The van der Waals surface area contributed by atoms with Gasteiger partial charge in [0.15, 0.2) is 0 Å². The van der Waals surface area contributed by atoms with Crippen LogP contribution in [-0.2, 0) is 19.5 Å². The average Bonchev–Trinajstić information content (AvgIpc) is 3.07. The van der Waals surface area contributed by atoms with Gasteiger partial charge >= 0.3 is 11.1 Å². The van der Waals surface area contributed by atoms with E-state index in [2.05, 4.69) is 14.9 Å². The monoisotopic (exact) mass is 477 g/mol. The smallest absolute Gasteiger partial charge is 0.383 e. The van der Waals surface area contributed by atoms with Gasteiger partial charge in [0.05, 0.1) is 17.8 Å². The number of imidazole rings is 1. The number of halogens is 3. The minimum Gasteiger partial charge on any atom is -0.387 e. The number of pyridine rings is 1. The average molecular weight is 478 g/mol. The van der Waals surface area contributed by atoms with Crippen LogP contribution in [0.4, 0.5) is 14.6 Å². The molecule has 1 aliphatic heterocycles. The van der Waals surface area contributed by atoms with Crippen molar-refractivity contribution in [2.24, 2.45) is 0 Å². The van der Waals surface area contributed by atoms with Crippen molar-refractivity contribution in [1.29, 1.82) is 0 Å². The third-order valence-corrected chi connectivity index (χ3v) is 5.92. The van der Waals surface area contributed by atoms with Crippen molar-refractivity contribution in [3.8, 4) is 11.3 Å². The highest BCUT2D eigenvalue weighted by Gasteiger charge is 2.30. The van der Waals surface area contributed by atoms with Crippen LogP contribution >= 0.6 is 11.6 Å². The number of rotatable bonds is 6. The second-order valence-electron chi connectivity index (χ2n) is 8.62. The highest BCUT2D eigenvalue weighted by atomic mass is 35.5. The molecule has 3 aromatic rings. The summed E-state index contributed by atoms with van der Waals surface area (Å²) in [4.78, 5) is 20.6. The summed E-state index contributed by atoms with van der Waals surface area (Å²) in [6.45, 7) is 5.06. The number of nitro groups is 1. The van der Waals surface area contributed by atoms with E-state index in [1.165, 1.54) is 22.9 Å². The molecule has 0 bridgehead atoms. The van der Waals surface area contributed by atoms with Gasteiger partial charge < -0.3 is 15.2 Å². The first-order valence-electron chi connectivity index (χ1n) is 10.3. The lowest BCUT2D eigenvalue weighted by Crippen LogP contribution is -2.45. The second-order valence-corrected chi connectivity index (χ2v) is 8.96. The Labute approximate surface area is 193 Å². The largest absolute Gasteiger partial charge is 0.387 e. The number of hydrogen-bond donors (Lipinski definition) is 1. The topological polar surface area (TPSA) is 97.3 Å². The van der Waals surface area contributed by atoms with Gasteiger partial charge in [-0.15, -0.1) is 0 Å². The van der Waals surface area contributed by atoms with Crippen LogP contribution < -0.4 is 0 Å². The number of β-amino-alcohol motifs (C(OH)–C–C–N with tert-alkyl or cyclic N) is 1. The molecule has 1 unspecified atom stereocenters. The summed E-state index contributed by atoms with van der Waals surface area (Å²) in [6, 6.07) is 5.15. The molecule has 1 atom stereocenters. The van der Waals surface area contributed by atoms with Gasteiger partial charge in [-0.2, -0.15) is 0 Å². The molecule has 0 saturated heterocycles. The van der Waals surface area contributed by atoms with Crippen LogP contribution in [0.3, 0.4) is 0 Å². The van der Waals surface area contributed by atoms with E-state index in [0.717, 1.165) is 22.9 Å². The zero-order valence-corrected chi connectivity index (χ0v) is 18.8.